The maximum Gasteiger partial charge on any atom is 0.283 e. The summed E-state index contributed by atoms with van der Waals surface area (Å²) >= 11 is 3.44. The lowest BCUT2D eigenvalue weighted by atomic mass is 10.0. The van der Waals surface area contributed by atoms with Gasteiger partial charge in [-0.1, -0.05) is 13.8 Å². The van der Waals surface area contributed by atoms with Gasteiger partial charge in [0.2, 0.25) is 0 Å². The van der Waals surface area contributed by atoms with E-state index in [1.807, 2.05) is 0 Å². The quantitative estimate of drug-likeness (QED) is 0.814. The first-order valence-electron chi connectivity index (χ1n) is 7.55. The zero-order valence-electron chi connectivity index (χ0n) is 13.3. The maximum atomic E-state index is 12.3. The molecular formula is C15H25BrN4O. The van der Waals surface area contributed by atoms with Crippen molar-refractivity contribution in [2.24, 2.45) is 11.8 Å². The summed E-state index contributed by atoms with van der Waals surface area (Å²) in [5.41, 5.74) is 0.742. The largest absolute Gasteiger partial charge is 0.378 e. The Morgan fingerprint density at radius 3 is 2.67 bits per heavy atom. The molecule has 1 aromatic heterocycles. The monoisotopic (exact) mass is 356 g/mol. The molecular weight excluding hydrogens is 332 g/mol. The first kappa shape index (κ1) is 16.5. The molecule has 2 rings (SSSR count). The summed E-state index contributed by atoms with van der Waals surface area (Å²) in [5, 5.41) is 7.76. The number of nitrogens with one attached hydrogen (secondary N) is 1. The third-order valence-corrected chi connectivity index (χ3v) is 4.59. The van der Waals surface area contributed by atoms with Crippen LogP contribution in [0.3, 0.4) is 0 Å². The van der Waals surface area contributed by atoms with Crippen molar-refractivity contribution in [3.05, 3.63) is 21.0 Å². The Morgan fingerprint density at radius 2 is 2.14 bits per heavy atom. The van der Waals surface area contributed by atoms with Crippen LogP contribution < -0.4 is 10.9 Å². The maximum absolute atomic E-state index is 12.3. The minimum atomic E-state index is -0.0424. The van der Waals surface area contributed by atoms with Crippen LogP contribution in [0.15, 0.2) is 15.5 Å². The van der Waals surface area contributed by atoms with Crippen molar-refractivity contribution in [2.75, 3.05) is 26.0 Å². The number of likely N-dealkylation sites (N-methyl/N-ethyl adjacent to an activating group) is 1. The molecule has 1 fully saturated rings. The Hall–Kier alpha value is -0.880. The van der Waals surface area contributed by atoms with Gasteiger partial charge in [-0.05, 0) is 54.7 Å². The molecule has 0 radical (unpaired) electrons. The number of aromatic nitrogens is 2. The van der Waals surface area contributed by atoms with E-state index in [4.69, 9.17) is 0 Å². The number of rotatable bonds is 7. The second kappa shape index (κ2) is 6.92. The molecule has 118 valence electrons. The lowest BCUT2D eigenvalue weighted by Crippen LogP contribution is -2.37. The van der Waals surface area contributed by atoms with Crippen LogP contribution in [0.4, 0.5) is 5.69 Å². The van der Waals surface area contributed by atoms with Gasteiger partial charge in [0.1, 0.15) is 4.47 Å². The Bertz CT molecular complexity index is 537. The molecule has 1 heterocycles. The molecule has 1 saturated carbocycles. The van der Waals surface area contributed by atoms with Crippen LogP contribution in [0.1, 0.15) is 26.7 Å². The normalized spacial score (nSPS) is 16.5. The Labute approximate surface area is 134 Å². The predicted molar refractivity (Wildman–Crippen MR) is 89.7 cm³/mol. The molecule has 21 heavy (non-hydrogen) atoms. The number of halogens is 1. The molecule has 0 bridgehead atoms. The van der Waals surface area contributed by atoms with Gasteiger partial charge in [0.15, 0.2) is 0 Å². The number of hydrogen-bond donors (Lipinski definition) is 1. The molecule has 0 aromatic carbocycles. The SMILES string of the molecule is CC(C)C(CN(C)C)Nc1cnn(CC2CC2)c(=O)c1Br. The van der Waals surface area contributed by atoms with E-state index in [1.165, 1.54) is 12.8 Å². The topological polar surface area (TPSA) is 50.2 Å². The predicted octanol–water partition coefficient (Wildman–Crippen LogP) is 2.41. The highest BCUT2D eigenvalue weighted by atomic mass is 79.9. The Morgan fingerprint density at radius 1 is 1.48 bits per heavy atom. The average molecular weight is 357 g/mol. The van der Waals surface area contributed by atoms with Crippen LogP contribution in [-0.4, -0.2) is 41.4 Å². The summed E-state index contributed by atoms with van der Waals surface area (Å²) in [6.45, 7) is 6.01. The number of nitrogens with zero attached hydrogens (tertiary/aromatic N) is 3. The highest BCUT2D eigenvalue weighted by molar-refractivity contribution is 9.10. The van der Waals surface area contributed by atoms with Gasteiger partial charge in [0.25, 0.3) is 5.56 Å². The van der Waals surface area contributed by atoms with E-state index in [1.54, 1.807) is 10.9 Å². The van der Waals surface area contributed by atoms with Crippen molar-refractivity contribution in [1.82, 2.24) is 14.7 Å². The van der Waals surface area contributed by atoms with Gasteiger partial charge < -0.3 is 10.2 Å². The van der Waals surface area contributed by atoms with Crippen LogP contribution >= 0.6 is 15.9 Å². The van der Waals surface area contributed by atoms with Crippen LogP contribution in [0, 0.1) is 11.8 Å². The van der Waals surface area contributed by atoms with Gasteiger partial charge in [-0.15, -0.1) is 0 Å². The van der Waals surface area contributed by atoms with E-state index < -0.39 is 0 Å². The van der Waals surface area contributed by atoms with Gasteiger partial charge >= 0.3 is 0 Å². The first-order valence-corrected chi connectivity index (χ1v) is 8.34. The van der Waals surface area contributed by atoms with E-state index in [0.29, 0.717) is 16.3 Å². The molecule has 0 amide bonds. The van der Waals surface area contributed by atoms with Crippen LogP contribution in [0.5, 0.6) is 0 Å². The molecule has 0 saturated heterocycles. The van der Waals surface area contributed by atoms with E-state index in [2.05, 4.69) is 59.2 Å². The Balaban J connectivity index is 2.15. The van der Waals surface area contributed by atoms with E-state index in [-0.39, 0.29) is 11.6 Å². The average Bonchev–Trinajstić information content (AvgIpc) is 3.20. The second-order valence-electron chi connectivity index (χ2n) is 6.56. The summed E-state index contributed by atoms with van der Waals surface area (Å²) in [5.74, 6) is 1.10. The van der Waals surface area contributed by atoms with Crippen molar-refractivity contribution < 1.29 is 0 Å². The summed E-state index contributed by atoms with van der Waals surface area (Å²) in [4.78, 5) is 14.5. The van der Waals surface area contributed by atoms with Crippen LogP contribution in [-0.2, 0) is 6.54 Å². The summed E-state index contributed by atoms with van der Waals surface area (Å²) in [7, 11) is 4.11. The van der Waals surface area contributed by atoms with E-state index >= 15 is 0 Å². The van der Waals surface area contributed by atoms with Gasteiger partial charge in [0, 0.05) is 19.1 Å². The molecule has 1 atom stereocenters. The highest BCUT2D eigenvalue weighted by Crippen LogP contribution is 2.30. The minimum absolute atomic E-state index is 0.0424. The van der Waals surface area contributed by atoms with Crippen molar-refractivity contribution in [1.29, 1.82) is 0 Å². The lowest BCUT2D eigenvalue weighted by Gasteiger charge is -2.27. The van der Waals surface area contributed by atoms with Crippen LogP contribution in [0.25, 0.3) is 0 Å². The molecule has 1 aromatic rings. The van der Waals surface area contributed by atoms with Crippen molar-refractivity contribution >= 4 is 21.6 Å². The van der Waals surface area contributed by atoms with Crippen molar-refractivity contribution in [3.8, 4) is 0 Å². The molecule has 1 aliphatic rings. The minimum Gasteiger partial charge on any atom is -0.378 e. The standard InChI is InChI=1S/C15H25BrN4O/c1-10(2)13(9-19(3)4)18-12-7-17-20(8-11-5-6-11)15(21)14(12)16/h7,10-11,13,18H,5-6,8-9H2,1-4H3. The highest BCUT2D eigenvalue weighted by Gasteiger charge is 2.24. The lowest BCUT2D eigenvalue weighted by molar-refractivity contribution is 0.344. The van der Waals surface area contributed by atoms with Gasteiger partial charge in [0.05, 0.1) is 11.9 Å². The van der Waals surface area contributed by atoms with Crippen molar-refractivity contribution in [2.45, 2.75) is 39.3 Å². The molecule has 0 spiro atoms. The third-order valence-electron chi connectivity index (χ3n) is 3.82. The number of hydrogen-bond acceptors (Lipinski definition) is 4. The molecule has 1 N–H and O–H groups in total. The third kappa shape index (κ3) is 4.54. The summed E-state index contributed by atoms with van der Waals surface area (Å²) < 4.78 is 2.16. The molecule has 5 nitrogen and oxygen atoms in total. The zero-order chi connectivity index (χ0) is 15.6. The molecule has 1 unspecified atom stereocenters. The van der Waals surface area contributed by atoms with Gasteiger partial charge in [-0.2, -0.15) is 5.10 Å². The second-order valence-corrected chi connectivity index (χ2v) is 7.35. The van der Waals surface area contributed by atoms with Gasteiger partial charge in [-0.3, -0.25) is 4.79 Å². The summed E-state index contributed by atoms with van der Waals surface area (Å²) in [6.07, 6.45) is 4.19. The smallest absolute Gasteiger partial charge is 0.283 e. The number of anilines is 1. The molecule has 1 aliphatic carbocycles. The van der Waals surface area contributed by atoms with Crippen molar-refractivity contribution in [3.63, 3.8) is 0 Å². The zero-order valence-corrected chi connectivity index (χ0v) is 14.9. The fourth-order valence-electron chi connectivity index (χ4n) is 2.26. The molecule has 0 aliphatic heterocycles. The van der Waals surface area contributed by atoms with Crippen LogP contribution in [0.2, 0.25) is 0 Å². The van der Waals surface area contributed by atoms with Gasteiger partial charge in [-0.25, -0.2) is 4.68 Å². The first-order chi connectivity index (χ1) is 9.88. The fraction of sp³-hybridized carbons (Fsp3) is 0.733. The Kier molecular flexibility index (Phi) is 5.43. The van der Waals surface area contributed by atoms with E-state index in [0.717, 1.165) is 18.8 Å². The summed E-state index contributed by atoms with van der Waals surface area (Å²) in [6, 6.07) is 0.275. The van der Waals surface area contributed by atoms with E-state index in [9.17, 15) is 4.79 Å². The fourth-order valence-corrected chi connectivity index (χ4v) is 2.68. The molecule has 6 heteroatoms.